The van der Waals surface area contributed by atoms with Gasteiger partial charge in [0.1, 0.15) is 0 Å². The molecule has 2 rings (SSSR count). The quantitative estimate of drug-likeness (QED) is 0.879. The molecule has 0 bridgehead atoms. The van der Waals surface area contributed by atoms with Crippen LogP contribution >= 0.6 is 0 Å². The average molecular weight is 269 g/mol. The van der Waals surface area contributed by atoms with Crippen LogP contribution in [0.1, 0.15) is 50.7 Å². The first kappa shape index (κ1) is 14.4. The van der Waals surface area contributed by atoms with Gasteiger partial charge in [0, 0.05) is 12.1 Å². The van der Waals surface area contributed by atoms with Crippen LogP contribution in [0.4, 0.5) is 8.78 Å². The van der Waals surface area contributed by atoms with Crippen LogP contribution in [0.15, 0.2) is 18.2 Å². The molecule has 2 unspecified atom stereocenters. The molecule has 1 aliphatic rings. The number of aliphatic hydroxyl groups is 1. The van der Waals surface area contributed by atoms with E-state index in [1.54, 1.807) is 0 Å². The highest BCUT2D eigenvalue weighted by Crippen LogP contribution is 2.22. The highest BCUT2D eigenvalue weighted by molar-refractivity contribution is 5.21. The van der Waals surface area contributed by atoms with Gasteiger partial charge in [-0.25, -0.2) is 8.78 Å². The van der Waals surface area contributed by atoms with Gasteiger partial charge in [-0.2, -0.15) is 0 Å². The van der Waals surface area contributed by atoms with Crippen LogP contribution in [0, 0.1) is 11.6 Å². The minimum absolute atomic E-state index is 0.173. The predicted octanol–water partition coefficient (Wildman–Crippen LogP) is 3.31. The van der Waals surface area contributed by atoms with Crippen LogP contribution in [0.5, 0.6) is 0 Å². The van der Waals surface area contributed by atoms with E-state index in [9.17, 15) is 13.9 Å². The number of halogens is 2. The molecule has 1 aliphatic carbocycles. The lowest BCUT2D eigenvalue weighted by Gasteiger charge is -2.29. The Kier molecular flexibility index (Phi) is 4.88. The molecular weight excluding hydrogens is 248 g/mol. The van der Waals surface area contributed by atoms with Crippen LogP contribution in [0.2, 0.25) is 0 Å². The molecule has 0 radical (unpaired) electrons. The second-order valence-corrected chi connectivity index (χ2v) is 5.41. The third-order valence-electron chi connectivity index (χ3n) is 3.86. The maximum absolute atomic E-state index is 13.2. The summed E-state index contributed by atoms with van der Waals surface area (Å²) < 4.78 is 26.0. The second kappa shape index (κ2) is 6.44. The Morgan fingerprint density at radius 2 is 1.84 bits per heavy atom. The molecule has 0 aliphatic heterocycles. The topological polar surface area (TPSA) is 32.3 Å². The molecule has 106 valence electrons. The van der Waals surface area contributed by atoms with Crippen LogP contribution < -0.4 is 5.32 Å². The first-order valence-corrected chi connectivity index (χ1v) is 6.97. The van der Waals surface area contributed by atoms with Crippen molar-refractivity contribution in [1.29, 1.82) is 0 Å². The van der Waals surface area contributed by atoms with Crippen LogP contribution in [0.25, 0.3) is 0 Å². The van der Waals surface area contributed by atoms with Gasteiger partial charge in [-0.3, -0.25) is 0 Å². The minimum Gasteiger partial charge on any atom is -0.387 e. The molecular formula is C15H21F2NO. The van der Waals surface area contributed by atoms with Crippen molar-refractivity contribution in [3.63, 3.8) is 0 Å². The van der Waals surface area contributed by atoms with Gasteiger partial charge in [0.15, 0.2) is 11.6 Å². The van der Waals surface area contributed by atoms with Crippen molar-refractivity contribution < 1.29 is 13.9 Å². The molecule has 1 fully saturated rings. The van der Waals surface area contributed by atoms with E-state index in [1.165, 1.54) is 25.3 Å². The van der Waals surface area contributed by atoms with E-state index in [0.29, 0.717) is 11.6 Å². The molecule has 19 heavy (non-hydrogen) atoms. The first-order valence-electron chi connectivity index (χ1n) is 6.97. The molecule has 1 aromatic rings. The molecule has 4 heteroatoms. The van der Waals surface area contributed by atoms with Crippen molar-refractivity contribution in [2.45, 2.75) is 57.2 Å². The molecule has 2 atom stereocenters. The molecule has 0 heterocycles. The van der Waals surface area contributed by atoms with Gasteiger partial charge in [-0.05, 0) is 37.5 Å². The summed E-state index contributed by atoms with van der Waals surface area (Å²) in [6.07, 6.45) is 5.12. The predicted molar refractivity (Wildman–Crippen MR) is 70.8 cm³/mol. The lowest BCUT2D eigenvalue weighted by Crippen LogP contribution is -2.41. The summed E-state index contributed by atoms with van der Waals surface area (Å²) in [5, 5.41) is 13.6. The number of rotatable bonds is 4. The highest BCUT2D eigenvalue weighted by atomic mass is 19.2. The molecule has 1 aromatic carbocycles. The Morgan fingerprint density at radius 1 is 1.16 bits per heavy atom. The average Bonchev–Trinajstić information content (AvgIpc) is 2.42. The van der Waals surface area contributed by atoms with Gasteiger partial charge in [0.2, 0.25) is 0 Å². The van der Waals surface area contributed by atoms with Gasteiger partial charge < -0.3 is 10.4 Å². The molecule has 0 spiro atoms. The van der Waals surface area contributed by atoms with Crippen molar-refractivity contribution in [2.75, 3.05) is 0 Å². The molecule has 0 amide bonds. The van der Waals surface area contributed by atoms with Crippen molar-refractivity contribution in [1.82, 2.24) is 5.32 Å². The van der Waals surface area contributed by atoms with E-state index in [4.69, 9.17) is 0 Å². The zero-order chi connectivity index (χ0) is 13.8. The second-order valence-electron chi connectivity index (χ2n) is 5.41. The summed E-state index contributed by atoms with van der Waals surface area (Å²) in [6.45, 7) is 1.88. The smallest absolute Gasteiger partial charge is 0.159 e. The summed E-state index contributed by atoms with van der Waals surface area (Å²) >= 11 is 0. The van der Waals surface area contributed by atoms with Crippen molar-refractivity contribution in [2.24, 2.45) is 0 Å². The zero-order valence-corrected chi connectivity index (χ0v) is 11.2. The largest absolute Gasteiger partial charge is 0.387 e. The summed E-state index contributed by atoms with van der Waals surface area (Å²) in [6, 6.07) is 3.80. The fourth-order valence-corrected chi connectivity index (χ4v) is 2.72. The number of nitrogens with one attached hydrogen (secondary N) is 1. The first-order chi connectivity index (χ1) is 9.08. The summed E-state index contributed by atoms with van der Waals surface area (Å²) in [5.74, 6) is -1.80. The molecule has 0 saturated heterocycles. The third kappa shape index (κ3) is 3.74. The Hall–Kier alpha value is -1.00. The minimum atomic E-state index is -0.915. The van der Waals surface area contributed by atoms with E-state index >= 15 is 0 Å². The SMILES string of the molecule is CC(NC1CCCCC1)C(O)c1ccc(F)c(F)c1. The lowest BCUT2D eigenvalue weighted by molar-refractivity contribution is 0.124. The Bertz CT molecular complexity index is 419. The van der Waals surface area contributed by atoms with E-state index in [1.807, 2.05) is 6.92 Å². The maximum Gasteiger partial charge on any atom is 0.159 e. The maximum atomic E-state index is 13.2. The van der Waals surface area contributed by atoms with Crippen LogP contribution in [-0.2, 0) is 0 Å². The lowest BCUT2D eigenvalue weighted by atomic mass is 9.94. The fraction of sp³-hybridized carbons (Fsp3) is 0.600. The van der Waals surface area contributed by atoms with E-state index < -0.39 is 17.7 Å². The van der Waals surface area contributed by atoms with Gasteiger partial charge in [0.25, 0.3) is 0 Å². The van der Waals surface area contributed by atoms with Crippen LogP contribution in [-0.4, -0.2) is 17.2 Å². The zero-order valence-electron chi connectivity index (χ0n) is 11.2. The van der Waals surface area contributed by atoms with E-state index in [0.717, 1.165) is 25.0 Å². The van der Waals surface area contributed by atoms with E-state index in [2.05, 4.69) is 5.32 Å². The molecule has 2 N–H and O–H groups in total. The van der Waals surface area contributed by atoms with Crippen molar-refractivity contribution in [3.8, 4) is 0 Å². The Labute approximate surface area is 112 Å². The normalized spacial score (nSPS) is 20.2. The molecule has 1 saturated carbocycles. The van der Waals surface area contributed by atoms with Gasteiger partial charge >= 0.3 is 0 Å². The van der Waals surface area contributed by atoms with E-state index in [-0.39, 0.29) is 6.04 Å². The summed E-state index contributed by atoms with van der Waals surface area (Å²) in [4.78, 5) is 0. The number of aliphatic hydroxyl groups excluding tert-OH is 1. The number of hydrogen-bond donors (Lipinski definition) is 2. The van der Waals surface area contributed by atoms with Gasteiger partial charge in [-0.15, -0.1) is 0 Å². The Balaban J connectivity index is 1.97. The summed E-state index contributed by atoms with van der Waals surface area (Å²) in [7, 11) is 0. The van der Waals surface area contributed by atoms with Crippen LogP contribution in [0.3, 0.4) is 0 Å². The molecule has 0 aromatic heterocycles. The number of hydrogen-bond acceptors (Lipinski definition) is 2. The summed E-state index contributed by atoms with van der Waals surface area (Å²) in [5.41, 5.74) is 0.412. The highest BCUT2D eigenvalue weighted by Gasteiger charge is 2.22. The Morgan fingerprint density at radius 3 is 2.47 bits per heavy atom. The van der Waals surface area contributed by atoms with Crippen molar-refractivity contribution >= 4 is 0 Å². The van der Waals surface area contributed by atoms with Crippen molar-refractivity contribution in [3.05, 3.63) is 35.4 Å². The standard InChI is InChI=1S/C15H21F2NO/c1-10(18-12-5-3-2-4-6-12)15(19)11-7-8-13(16)14(17)9-11/h7-10,12,15,18-19H,2-6H2,1H3. The molecule has 2 nitrogen and oxygen atoms in total. The monoisotopic (exact) mass is 269 g/mol. The number of benzene rings is 1. The van der Waals surface area contributed by atoms with Gasteiger partial charge in [-0.1, -0.05) is 25.3 Å². The fourth-order valence-electron chi connectivity index (χ4n) is 2.72. The third-order valence-corrected chi connectivity index (χ3v) is 3.86. The van der Waals surface area contributed by atoms with Gasteiger partial charge in [0.05, 0.1) is 6.10 Å².